The van der Waals surface area contributed by atoms with Crippen LogP contribution in [-0.4, -0.2) is 133 Å². The molecule has 2 aromatic carbocycles. The summed E-state index contributed by atoms with van der Waals surface area (Å²) in [7, 11) is 1.27. The van der Waals surface area contributed by atoms with Crippen LogP contribution in [0.15, 0.2) is 59.1 Å². The molecule has 5 heterocycles. The third-order valence-electron chi connectivity index (χ3n) is 14.3. The van der Waals surface area contributed by atoms with Gasteiger partial charge in [0.15, 0.2) is 0 Å². The number of rotatable bonds is 7. The van der Waals surface area contributed by atoms with Gasteiger partial charge in [-0.2, -0.15) is 0 Å². The number of aryl methyl sites for hydroxylation is 2. The van der Waals surface area contributed by atoms with Crippen molar-refractivity contribution in [1.82, 2.24) is 24.3 Å². The highest BCUT2D eigenvalue weighted by atomic mass is 35.5. The molecule has 2 bridgehead atoms. The summed E-state index contributed by atoms with van der Waals surface area (Å²) in [6.07, 6.45) is 11.5. The number of nitrogens with one attached hydrogen (secondary N) is 1. The highest BCUT2D eigenvalue weighted by molar-refractivity contribution is 7.92. The van der Waals surface area contributed by atoms with Gasteiger partial charge in [0.05, 0.1) is 44.4 Å². The maximum absolute atomic E-state index is 15.0. The van der Waals surface area contributed by atoms with Crippen LogP contribution in [0.3, 0.4) is 0 Å². The molecule has 6 atom stereocenters. The second-order valence-corrected chi connectivity index (χ2v) is 20.9. The van der Waals surface area contributed by atoms with Gasteiger partial charge in [-0.1, -0.05) is 36.7 Å². The van der Waals surface area contributed by atoms with E-state index in [0.717, 1.165) is 95.3 Å². The Balaban J connectivity index is 1.11. The molecule has 16 heteroatoms. The summed E-state index contributed by atoms with van der Waals surface area (Å²) in [5.41, 5.74) is 2.81. The Hall–Kier alpha value is -3.99. The number of hydrogen-bond acceptors (Lipinski definition) is 11. The first kappa shape index (κ1) is 43.3. The van der Waals surface area contributed by atoms with Crippen LogP contribution in [0.1, 0.15) is 70.9 Å². The maximum Gasteiger partial charge on any atom is 0.286 e. The molecule has 9 rings (SSSR count). The van der Waals surface area contributed by atoms with E-state index < -0.39 is 27.3 Å². The number of benzene rings is 2. The molecule has 2 aliphatic carbocycles. The van der Waals surface area contributed by atoms with Crippen molar-refractivity contribution in [1.29, 1.82) is 0 Å². The first-order chi connectivity index (χ1) is 29.9. The topological polar surface area (TPSA) is 140 Å². The molecule has 2 saturated heterocycles. The van der Waals surface area contributed by atoms with E-state index in [-0.39, 0.29) is 40.0 Å². The Bertz CT molecular complexity index is 2340. The monoisotopic (exact) mass is 889 g/mol. The molecule has 3 fully saturated rings. The van der Waals surface area contributed by atoms with Crippen LogP contribution < -0.4 is 19.1 Å². The Morgan fingerprint density at radius 1 is 1.10 bits per heavy atom. The summed E-state index contributed by atoms with van der Waals surface area (Å²) in [5, 5.41) is 4.94. The van der Waals surface area contributed by atoms with Gasteiger partial charge in [-0.3, -0.25) is 28.8 Å². The lowest BCUT2D eigenvalue weighted by atomic mass is 9.63. The SMILES string of the molecule is COc1nn(C)cc1C(=O)NS1(=O)=NC(=O)c2ccc3c(c2)N(C[C@@H]2CC[C@H]2[C@](CN2CCN(C4COC4)CC2)(OC)/C=C/C[C@H](C)C1)C[C@@]1(CCCc2cc(Cl)ccc21)CO3. The van der Waals surface area contributed by atoms with Crippen LogP contribution in [0.4, 0.5) is 5.69 Å². The molecule has 1 unspecified atom stereocenters. The fourth-order valence-corrected chi connectivity index (χ4v) is 12.9. The number of fused-ring (bicyclic) bond motifs is 4. The largest absolute Gasteiger partial charge is 0.490 e. The van der Waals surface area contributed by atoms with Gasteiger partial charge >= 0.3 is 0 Å². The Morgan fingerprint density at radius 3 is 2.65 bits per heavy atom. The van der Waals surface area contributed by atoms with Gasteiger partial charge < -0.3 is 23.8 Å². The number of anilines is 1. The standard InChI is InChI=1S/C46H60ClN7O7S/c1-31-7-5-16-46(59-4,29-52-17-19-53(20-18-52)36-25-60-26-36)39-12-9-34(39)23-54-28-45(15-6-8-32-21-35(47)11-13-38(32)45)30-61-41-14-10-33(22-40(41)54)42(55)49-62(57,27-31)50-43(56)37-24-51(2)48-44(37)58-3/h5,10-11,13-14,16,21-22,24,31,34,36,39H,6-9,12,15,17-20,23,25-30H2,1-4H3,(H,49,50,55,56,57)/b16-5+/t31-,34-,39+,45-,46-,62?/m0/s1. The first-order valence-corrected chi connectivity index (χ1v) is 24.2. The van der Waals surface area contributed by atoms with Gasteiger partial charge in [0.1, 0.15) is 26.8 Å². The quantitative estimate of drug-likeness (QED) is 0.300. The maximum atomic E-state index is 15.0. The smallest absolute Gasteiger partial charge is 0.286 e. The molecular formula is C46H60ClN7O7S. The van der Waals surface area contributed by atoms with Crippen molar-refractivity contribution >= 4 is 39.0 Å². The molecule has 0 radical (unpaired) electrons. The zero-order valence-electron chi connectivity index (χ0n) is 36.4. The van der Waals surface area contributed by atoms with Crippen molar-refractivity contribution in [3.8, 4) is 11.6 Å². The van der Waals surface area contributed by atoms with Crippen LogP contribution in [0.5, 0.6) is 11.6 Å². The highest BCUT2D eigenvalue weighted by Gasteiger charge is 2.50. The summed E-state index contributed by atoms with van der Waals surface area (Å²) in [6, 6.07) is 12.2. The van der Waals surface area contributed by atoms with E-state index in [1.54, 1.807) is 13.1 Å². The number of nitrogens with zero attached hydrogens (tertiary/aromatic N) is 6. The fraction of sp³-hybridized carbons (Fsp3) is 0.587. The van der Waals surface area contributed by atoms with Gasteiger partial charge in [0, 0.05) is 82.2 Å². The van der Waals surface area contributed by atoms with Gasteiger partial charge in [-0.05, 0) is 97.7 Å². The molecule has 6 aliphatic rings. The minimum atomic E-state index is -3.66. The number of amides is 2. The summed E-state index contributed by atoms with van der Waals surface area (Å²) < 4.78 is 47.9. The predicted molar refractivity (Wildman–Crippen MR) is 239 cm³/mol. The third kappa shape index (κ3) is 8.52. The molecule has 1 N–H and O–H groups in total. The molecular weight excluding hydrogens is 830 g/mol. The molecule has 334 valence electrons. The van der Waals surface area contributed by atoms with Crippen LogP contribution in [0, 0.1) is 17.8 Å². The number of halogens is 1. The number of allylic oxidation sites excluding steroid dienone is 1. The van der Waals surface area contributed by atoms with Crippen molar-refractivity contribution in [2.24, 2.45) is 29.2 Å². The fourth-order valence-electron chi connectivity index (χ4n) is 10.8. The number of carbonyl (C=O) groups is 2. The molecule has 1 spiro atoms. The number of piperazine rings is 1. The number of methoxy groups -OCH3 is 2. The van der Waals surface area contributed by atoms with Crippen molar-refractivity contribution in [2.45, 2.75) is 62.5 Å². The van der Waals surface area contributed by atoms with Gasteiger partial charge in [0.25, 0.3) is 11.8 Å². The number of aromatic nitrogens is 2. The van der Waals surface area contributed by atoms with E-state index in [9.17, 15) is 13.8 Å². The first-order valence-electron chi connectivity index (χ1n) is 22.2. The Kier molecular flexibility index (Phi) is 12.2. The van der Waals surface area contributed by atoms with Crippen molar-refractivity contribution in [3.63, 3.8) is 0 Å². The minimum absolute atomic E-state index is 0.0532. The van der Waals surface area contributed by atoms with Crippen LogP contribution >= 0.6 is 11.6 Å². The van der Waals surface area contributed by atoms with E-state index in [1.165, 1.54) is 29.1 Å². The van der Waals surface area contributed by atoms with E-state index in [0.29, 0.717) is 37.3 Å². The average molecular weight is 891 g/mol. The minimum Gasteiger partial charge on any atom is -0.490 e. The molecule has 62 heavy (non-hydrogen) atoms. The Labute approximate surface area is 370 Å². The molecule has 4 aliphatic heterocycles. The number of ether oxygens (including phenoxy) is 4. The third-order valence-corrected chi connectivity index (χ3v) is 16.6. The molecule has 14 nitrogen and oxygen atoms in total. The Morgan fingerprint density at radius 2 is 1.92 bits per heavy atom. The lowest BCUT2D eigenvalue weighted by Crippen LogP contribution is -2.61. The van der Waals surface area contributed by atoms with Gasteiger partial charge in [-0.25, -0.2) is 4.21 Å². The molecule has 3 aromatic rings. The number of carbonyl (C=O) groups excluding carboxylic acids is 2. The average Bonchev–Trinajstić information content (AvgIpc) is 3.54. The van der Waals surface area contributed by atoms with Crippen LogP contribution in [-0.2, 0) is 38.3 Å². The number of hydrogen-bond donors (Lipinski definition) is 1. The molecule has 1 saturated carbocycles. The summed E-state index contributed by atoms with van der Waals surface area (Å²) >= 11 is 6.56. The lowest BCUT2D eigenvalue weighted by molar-refractivity contribution is -0.107. The van der Waals surface area contributed by atoms with E-state index in [1.807, 2.05) is 32.2 Å². The van der Waals surface area contributed by atoms with E-state index in [2.05, 4.69) is 53.2 Å². The molecule has 1 aromatic heterocycles. The van der Waals surface area contributed by atoms with Crippen LogP contribution in [0.25, 0.3) is 0 Å². The zero-order valence-corrected chi connectivity index (χ0v) is 37.9. The lowest BCUT2D eigenvalue weighted by Gasteiger charge is -2.52. The summed E-state index contributed by atoms with van der Waals surface area (Å²) in [6.45, 7) is 10.2. The summed E-state index contributed by atoms with van der Waals surface area (Å²) in [5.74, 6) is -0.334. The normalized spacial score (nSPS) is 31.3. The predicted octanol–water partition coefficient (Wildman–Crippen LogP) is 5.53. The second kappa shape index (κ2) is 17.5. The van der Waals surface area contributed by atoms with E-state index >= 15 is 0 Å². The highest BCUT2D eigenvalue weighted by Crippen LogP contribution is 2.49. The molecule has 2 amide bonds. The van der Waals surface area contributed by atoms with Gasteiger partial charge in [-0.15, -0.1) is 9.46 Å². The van der Waals surface area contributed by atoms with Crippen molar-refractivity contribution in [2.75, 3.05) is 90.5 Å². The summed E-state index contributed by atoms with van der Waals surface area (Å²) in [4.78, 5) is 35.6. The second-order valence-electron chi connectivity index (χ2n) is 18.5. The van der Waals surface area contributed by atoms with Crippen LogP contribution in [0.2, 0.25) is 5.02 Å². The van der Waals surface area contributed by atoms with Gasteiger partial charge in [0.2, 0.25) is 5.88 Å². The van der Waals surface area contributed by atoms with Crippen molar-refractivity contribution < 1.29 is 32.7 Å². The zero-order chi connectivity index (χ0) is 43.2. The van der Waals surface area contributed by atoms with Crippen molar-refractivity contribution in [3.05, 3.63) is 82.0 Å². The van der Waals surface area contributed by atoms with E-state index in [4.69, 9.17) is 30.5 Å².